The third kappa shape index (κ3) is 15.7. The first-order chi connectivity index (χ1) is 5.56. The molecule has 13 heavy (non-hydrogen) atoms. The van der Waals surface area contributed by atoms with Gasteiger partial charge in [0, 0.05) is 45.9 Å². The third-order valence-electron chi connectivity index (χ3n) is 0.875. The van der Waals surface area contributed by atoms with Crippen LogP contribution in [-0.2, 0) is 56.5 Å². The van der Waals surface area contributed by atoms with E-state index in [2.05, 4.69) is 11.3 Å². The van der Waals surface area contributed by atoms with Gasteiger partial charge in [-0.15, -0.1) is 0 Å². The molecule has 0 aromatic rings. The van der Waals surface area contributed by atoms with E-state index >= 15 is 0 Å². The monoisotopic (exact) mass is 285 g/mol. The van der Waals surface area contributed by atoms with Gasteiger partial charge in [-0.05, 0) is 6.42 Å². The van der Waals surface area contributed by atoms with Crippen LogP contribution in [0.5, 0.6) is 0 Å². The van der Waals surface area contributed by atoms with Crippen molar-refractivity contribution < 1.29 is 54.8 Å². The van der Waals surface area contributed by atoms with E-state index in [1.54, 1.807) is 0 Å². The van der Waals surface area contributed by atoms with Gasteiger partial charge in [0.25, 0.3) is 0 Å². The number of rotatable bonds is 1. The van der Waals surface area contributed by atoms with E-state index in [1.165, 1.54) is 6.79 Å². The quantitative estimate of drug-likeness (QED) is 0.512. The minimum Gasteiger partial charge on any atom is -0.525 e. The largest absolute Gasteiger partial charge is 0.525 e. The zero-order valence-corrected chi connectivity index (χ0v) is 11.1. The second kappa shape index (κ2) is 9.49. The van der Waals surface area contributed by atoms with Crippen LogP contribution in [0.15, 0.2) is 0 Å². The van der Waals surface area contributed by atoms with Gasteiger partial charge in [0.1, 0.15) is 0 Å². The van der Waals surface area contributed by atoms with E-state index in [4.69, 9.17) is 9.47 Å². The van der Waals surface area contributed by atoms with Crippen LogP contribution in [0.1, 0.15) is 6.42 Å². The summed E-state index contributed by atoms with van der Waals surface area (Å²) in [6.07, 6.45) is 1.95. The molecule has 1 radical (unpaired) electrons. The first kappa shape index (κ1) is 16.4. The van der Waals surface area contributed by atoms with E-state index in [0.717, 1.165) is 25.9 Å². The van der Waals surface area contributed by atoms with Crippen molar-refractivity contribution in [3.05, 3.63) is 13.9 Å². The molecular formula is C6H12O5SY-2. The summed E-state index contributed by atoms with van der Waals surface area (Å²) in [7, 11) is -0.604. The molecule has 0 amide bonds. The van der Waals surface area contributed by atoms with E-state index in [1.807, 2.05) is 0 Å². The molecule has 77 valence electrons. The molecule has 1 fully saturated rings. The first-order valence-corrected chi connectivity index (χ1v) is 5.06. The average molecular weight is 285 g/mol. The van der Waals surface area contributed by atoms with Crippen LogP contribution in [-0.4, -0.2) is 27.9 Å². The Kier molecular flexibility index (Phi) is 11.9. The van der Waals surface area contributed by atoms with Gasteiger partial charge in [-0.3, -0.25) is 0 Å². The van der Waals surface area contributed by atoms with Gasteiger partial charge < -0.3 is 13.7 Å². The van der Waals surface area contributed by atoms with Crippen molar-refractivity contribution in [2.45, 2.75) is 6.42 Å². The van der Waals surface area contributed by atoms with Crippen molar-refractivity contribution in [1.29, 1.82) is 0 Å². The fourth-order valence-corrected chi connectivity index (χ4v) is 0.370. The van der Waals surface area contributed by atoms with Gasteiger partial charge >= 0.3 is 0 Å². The Morgan fingerprint density at radius 1 is 1.38 bits per heavy atom. The minimum atomic E-state index is -3.27. The Balaban J connectivity index is 0. The molecule has 0 saturated carbocycles. The molecule has 0 aromatic heterocycles. The van der Waals surface area contributed by atoms with E-state index in [0.29, 0.717) is 0 Å². The molecule has 5 nitrogen and oxygen atoms in total. The van der Waals surface area contributed by atoms with E-state index in [-0.39, 0.29) is 32.7 Å². The molecule has 0 atom stereocenters. The Labute approximate surface area is 104 Å². The molecule has 0 bridgehead atoms. The summed E-state index contributed by atoms with van der Waals surface area (Å²) < 4.78 is 32.5. The zero-order chi connectivity index (χ0) is 9.45. The van der Waals surface area contributed by atoms with Crippen LogP contribution in [0.2, 0.25) is 0 Å². The third-order valence-corrected chi connectivity index (χ3v) is 1.30. The second-order valence-corrected chi connectivity index (χ2v) is 3.66. The summed E-state index contributed by atoms with van der Waals surface area (Å²) >= 11 is 0. The molecule has 7 heteroatoms. The summed E-state index contributed by atoms with van der Waals surface area (Å²) in [4.78, 5) is 0. The maximum absolute atomic E-state index is 9.72. The van der Waals surface area contributed by atoms with Gasteiger partial charge in [-0.1, -0.05) is 6.79 Å². The van der Waals surface area contributed by atoms with Crippen LogP contribution in [0, 0.1) is 13.9 Å². The Morgan fingerprint density at radius 2 is 1.77 bits per heavy atom. The van der Waals surface area contributed by atoms with Crippen molar-refractivity contribution in [1.82, 2.24) is 0 Å². The SMILES string of the molecule is [CH-]1OCCCO1.[CH2-]OS(C)(=O)=O.[Y]. The second-order valence-electron chi connectivity index (χ2n) is 2.01. The van der Waals surface area contributed by atoms with Crippen LogP contribution in [0.4, 0.5) is 0 Å². The van der Waals surface area contributed by atoms with Crippen molar-refractivity contribution in [3.63, 3.8) is 0 Å². The maximum atomic E-state index is 9.72. The molecule has 1 aliphatic heterocycles. The standard InChI is InChI=1S/C4H7O2.C2H5O3S.Y/c1-2-5-4-6-3-1;1-5-6(2,3)4;/h4H,1-3H2;1H2,2H3;/q2*-1;. The Morgan fingerprint density at radius 3 is 1.85 bits per heavy atom. The summed E-state index contributed by atoms with van der Waals surface area (Å²) in [5.41, 5.74) is 0. The fraction of sp³-hybridized carbons (Fsp3) is 0.667. The normalized spacial score (nSPS) is 16.5. The zero-order valence-electron chi connectivity index (χ0n) is 7.43. The van der Waals surface area contributed by atoms with E-state index in [9.17, 15) is 8.42 Å². The van der Waals surface area contributed by atoms with Gasteiger partial charge in [0.05, 0.1) is 6.26 Å². The molecule has 1 heterocycles. The fourth-order valence-electron chi connectivity index (χ4n) is 0.370. The molecule has 0 aliphatic carbocycles. The van der Waals surface area contributed by atoms with Gasteiger partial charge in [0.2, 0.25) is 10.1 Å². The summed E-state index contributed by atoms with van der Waals surface area (Å²) in [5, 5.41) is 0. The summed E-state index contributed by atoms with van der Waals surface area (Å²) in [6.45, 7) is 3.03. The summed E-state index contributed by atoms with van der Waals surface area (Å²) in [6, 6.07) is 0. The van der Waals surface area contributed by atoms with Gasteiger partial charge in [0.15, 0.2) is 0 Å². The van der Waals surface area contributed by atoms with Crippen molar-refractivity contribution >= 4 is 10.1 Å². The molecule has 0 aromatic carbocycles. The van der Waals surface area contributed by atoms with Gasteiger partial charge in [-0.2, -0.15) is 0 Å². The summed E-state index contributed by atoms with van der Waals surface area (Å²) in [5.74, 6) is 0. The molecule has 1 rings (SSSR count). The van der Waals surface area contributed by atoms with Crippen LogP contribution >= 0.6 is 0 Å². The van der Waals surface area contributed by atoms with Crippen LogP contribution in [0.3, 0.4) is 0 Å². The molecule has 1 saturated heterocycles. The molecule has 1 aliphatic rings. The topological polar surface area (TPSA) is 61.8 Å². The molecular weight excluding hydrogens is 273 g/mol. The number of hydrogen-bond donors (Lipinski definition) is 0. The van der Waals surface area contributed by atoms with E-state index < -0.39 is 10.1 Å². The molecule has 0 unspecified atom stereocenters. The number of ether oxygens (including phenoxy) is 2. The maximum Gasteiger partial charge on any atom is 0.235 e. The van der Waals surface area contributed by atoms with Crippen molar-refractivity contribution in [3.8, 4) is 0 Å². The number of hydrogen-bond acceptors (Lipinski definition) is 5. The van der Waals surface area contributed by atoms with Crippen molar-refractivity contribution in [2.75, 3.05) is 19.5 Å². The van der Waals surface area contributed by atoms with Crippen molar-refractivity contribution in [2.24, 2.45) is 0 Å². The predicted molar refractivity (Wildman–Crippen MR) is 42.1 cm³/mol. The first-order valence-electron chi connectivity index (χ1n) is 3.25. The Bertz CT molecular complexity index is 176. The Hall–Kier alpha value is 0.934. The van der Waals surface area contributed by atoms with Gasteiger partial charge in [-0.25, -0.2) is 15.5 Å². The predicted octanol–water partition coefficient (Wildman–Crippen LogP) is 0.294. The van der Waals surface area contributed by atoms with Crippen LogP contribution in [0.25, 0.3) is 0 Å². The minimum absolute atomic E-state index is 0. The average Bonchev–Trinajstić information content (AvgIpc) is 2.07. The molecule has 0 N–H and O–H groups in total. The van der Waals surface area contributed by atoms with Crippen LogP contribution < -0.4 is 0 Å². The molecule has 0 spiro atoms. The smallest absolute Gasteiger partial charge is 0.235 e.